The maximum atomic E-state index is 12.0. The molecule has 1 aromatic carbocycles. The minimum absolute atomic E-state index is 0.0828. The molecule has 0 saturated carbocycles. The zero-order chi connectivity index (χ0) is 18.2. The van der Waals surface area contributed by atoms with Crippen molar-refractivity contribution >= 4 is 17.2 Å². The summed E-state index contributed by atoms with van der Waals surface area (Å²) in [5, 5.41) is 6.01. The second-order valence-electron chi connectivity index (χ2n) is 6.16. The molecule has 1 amide bonds. The highest BCUT2D eigenvalue weighted by Gasteiger charge is 2.11. The van der Waals surface area contributed by atoms with Gasteiger partial charge in [-0.05, 0) is 24.3 Å². The summed E-state index contributed by atoms with van der Waals surface area (Å²) in [6, 6.07) is 7.85. The first-order valence-electron chi connectivity index (χ1n) is 8.90. The van der Waals surface area contributed by atoms with Crippen LogP contribution < -0.4 is 10.1 Å². The number of carbonyl (C=O) groups excluding carboxylic acids is 1. The third-order valence-corrected chi connectivity index (χ3v) is 5.27. The maximum absolute atomic E-state index is 12.0. The molecule has 1 aliphatic rings. The van der Waals surface area contributed by atoms with Crippen LogP contribution in [-0.4, -0.2) is 62.3 Å². The lowest BCUT2D eigenvalue weighted by atomic mass is 10.2. The molecule has 0 bridgehead atoms. The van der Waals surface area contributed by atoms with Gasteiger partial charge in [-0.25, -0.2) is 4.98 Å². The van der Waals surface area contributed by atoms with Crippen LogP contribution in [0.25, 0.3) is 11.3 Å². The molecule has 0 aliphatic carbocycles. The number of aryl methyl sites for hydroxylation is 1. The molecule has 1 N–H and O–H groups in total. The summed E-state index contributed by atoms with van der Waals surface area (Å²) in [5.74, 6) is 0.914. The summed E-state index contributed by atoms with van der Waals surface area (Å²) in [6.07, 6.45) is 1.14. The largest absolute Gasteiger partial charge is 0.497 e. The van der Waals surface area contributed by atoms with Crippen molar-refractivity contribution in [2.75, 3.05) is 46.5 Å². The predicted molar refractivity (Wildman–Crippen MR) is 103 cm³/mol. The van der Waals surface area contributed by atoms with Crippen LogP contribution in [0.5, 0.6) is 5.75 Å². The van der Waals surface area contributed by atoms with Gasteiger partial charge >= 0.3 is 0 Å². The minimum atomic E-state index is 0.0828. The molecule has 0 unspecified atom stereocenters. The lowest BCUT2D eigenvalue weighted by Crippen LogP contribution is -2.41. The van der Waals surface area contributed by atoms with Crippen LogP contribution in [0.2, 0.25) is 0 Å². The molecule has 1 aromatic heterocycles. The van der Waals surface area contributed by atoms with E-state index in [0.717, 1.165) is 54.9 Å². The smallest absolute Gasteiger partial charge is 0.220 e. The van der Waals surface area contributed by atoms with Gasteiger partial charge in [-0.1, -0.05) is 0 Å². The maximum Gasteiger partial charge on any atom is 0.220 e. The normalized spacial score (nSPS) is 15.0. The van der Waals surface area contributed by atoms with E-state index in [-0.39, 0.29) is 5.91 Å². The molecule has 6 nitrogen and oxygen atoms in total. The molecule has 7 heteroatoms. The summed E-state index contributed by atoms with van der Waals surface area (Å²) in [6.45, 7) is 5.04. The van der Waals surface area contributed by atoms with Gasteiger partial charge < -0.3 is 14.8 Å². The van der Waals surface area contributed by atoms with Crippen LogP contribution in [0.15, 0.2) is 29.6 Å². The number of methoxy groups -OCH3 is 1. The Hall–Kier alpha value is -1.96. The van der Waals surface area contributed by atoms with Gasteiger partial charge in [0, 0.05) is 50.0 Å². The van der Waals surface area contributed by atoms with Crippen molar-refractivity contribution < 1.29 is 14.3 Å². The second-order valence-corrected chi connectivity index (χ2v) is 7.10. The Morgan fingerprint density at radius 1 is 1.31 bits per heavy atom. The van der Waals surface area contributed by atoms with Crippen molar-refractivity contribution in [2.24, 2.45) is 0 Å². The van der Waals surface area contributed by atoms with E-state index in [9.17, 15) is 4.79 Å². The topological polar surface area (TPSA) is 63.7 Å². The van der Waals surface area contributed by atoms with E-state index in [1.165, 1.54) is 0 Å². The highest BCUT2D eigenvalue weighted by molar-refractivity contribution is 7.09. The van der Waals surface area contributed by atoms with Crippen LogP contribution in [-0.2, 0) is 16.0 Å². The van der Waals surface area contributed by atoms with Crippen molar-refractivity contribution in [2.45, 2.75) is 12.8 Å². The van der Waals surface area contributed by atoms with E-state index >= 15 is 0 Å². The van der Waals surface area contributed by atoms with Crippen LogP contribution in [0.4, 0.5) is 0 Å². The van der Waals surface area contributed by atoms with Crippen molar-refractivity contribution in [1.29, 1.82) is 0 Å². The fourth-order valence-electron chi connectivity index (χ4n) is 2.81. The average Bonchev–Trinajstić information content (AvgIpc) is 3.16. The Morgan fingerprint density at radius 2 is 2.08 bits per heavy atom. The third-order valence-electron chi connectivity index (χ3n) is 4.36. The molecule has 1 saturated heterocycles. The summed E-state index contributed by atoms with van der Waals surface area (Å²) in [4.78, 5) is 19.0. The SMILES string of the molecule is COc1ccc(-c2csc(CCC(=O)NCCN3CCOCC3)n2)cc1. The second kappa shape index (κ2) is 9.66. The molecule has 0 atom stereocenters. The fraction of sp³-hybridized carbons (Fsp3) is 0.474. The molecule has 140 valence electrons. The lowest BCUT2D eigenvalue weighted by Gasteiger charge is -2.26. The van der Waals surface area contributed by atoms with Crippen LogP contribution >= 0.6 is 11.3 Å². The van der Waals surface area contributed by atoms with Gasteiger partial charge in [-0.15, -0.1) is 11.3 Å². The summed E-state index contributed by atoms with van der Waals surface area (Å²) >= 11 is 1.60. The Kier molecular flexibility index (Phi) is 6.99. The van der Waals surface area contributed by atoms with Crippen LogP contribution in [0.3, 0.4) is 0 Å². The van der Waals surface area contributed by atoms with E-state index in [1.54, 1.807) is 18.4 Å². The number of ether oxygens (including phenoxy) is 2. The monoisotopic (exact) mass is 375 g/mol. The zero-order valence-corrected chi connectivity index (χ0v) is 15.9. The number of nitrogens with zero attached hydrogens (tertiary/aromatic N) is 2. The molecule has 2 aromatic rings. The number of benzene rings is 1. The molecule has 0 spiro atoms. The number of thiazole rings is 1. The number of aromatic nitrogens is 1. The van der Waals surface area contributed by atoms with Crippen LogP contribution in [0.1, 0.15) is 11.4 Å². The first-order chi connectivity index (χ1) is 12.7. The molecule has 3 rings (SSSR count). The molecule has 2 heterocycles. The van der Waals surface area contributed by atoms with Crippen molar-refractivity contribution in [1.82, 2.24) is 15.2 Å². The highest BCUT2D eigenvalue weighted by atomic mass is 32.1. The van der Waals surface area contributed by atoms with Gasteiger partial charge in [-0.3, -0.25) is 9.69 Å². The Bertz CT molecular complexity index is 696. The first kappa shape index (κ1) is 18.8. The van der Waals surface area contributed by atoms with E-state index in [0.29, 0.717) is 19.4 Å². The first-order valence-corrected chi connectivity index (χ1v) is 9.78. The number of amides is 1. The molecular weight excluding hydrogens is 350 g/mol. The van der Waals surface area contributed by atoms with Crippen molar-refractivity contribution in [3.63, 3.8) is 0 Å². The van der Waals surface area contributed by atoms with Gasteiger partial charge in [0.15, 0.2) is 0 Å². The van der Waals surface area contributed by atoms with Gasteiger partial charge in [-0.2, -0.15) is 0 Å². The fourth-order valence-corrected chi connectivity index (χ4v) is 3.61. The number of morpholine rings is 1. The number of hydrogen-bond donors (Lipinski definition) is 1. The van der Waals surface area contributed by atoms with Crippen molar-refractivity contribution in [3.05, 3.63) is 34.7 Å². The van der Waals surface area contributed by atoms with Gasteiger partial charge in [0.25, 0.3) is 0 Å². The van der Waals surface area contributed by atoms with Gasteiger partial charge in [0.2, 0.25) is 5.91 Å². The molecule has 1 fully saturated rings. The van der Waals surface area contributed by atoms with Gasteiger partial charge in [0.1, 0.15) is 5.75 Å². The molecule has 0 radical (unpaired) electrons. The highest BCUT2D eigenvalue weighted by Crippen LogP contribution is 2.24. The van der Waals surface area contributed by atoms with E-state index in [1.807, 2.05) is 29.6 Å². The minimum Gasteiger partial charge on any atom is -0.497 e. The number of rotatable bonds is 8. The quantitative estimate of drug-likeness (QED) is 0.766. The van der Waals surface area contributed by atoms with E-state index in [2.05, 4.69) is 15.2 Å². The summed E-state index contributed by atoms with van der Waals surface area (Å²) in [5.41, 5.74) is 2.00. The Morgan fingerprint density at radius 3 is 2.81 bits per heavy atom. The zero-order valence-electron chi connectivity index (χ0n) is 15.1. The number of carbonyl (C=O) groups is 1. The predicted octanol–water partition coefficient (Wildman–Crippen LogP) is 2.20. The van der Waals surface area contributed by atoms with E-state index in [4.69, 9.17) is 9.47 Å². The average molecular weight is 375 g/mol. The third kappa shape index (κ3) is 5.52. The molecule has 1 aliphatic heterocycles. The number of nitrogens with one attached hydrogen (secondary N) is 1. The summed E-state index contributed by atoms with van der Waals surface area (Å²) < 4.78 is 10.5. The van der Waals surface area contributed by atoms with Crippen molar-refractivity contribution in [3.8, 4) is 17.0 Å². The lowest BCUT2D eigenvalue weighted by molar-refractivity contribution is -0.121. The van der Waals surface area contributed by atoms with Crippen LogP contribution in [0, 0.1) is 0 Å². The van der Waals surface area contributed by atoms with E-state index < -0.39 is 0 Å². The standard InChI is InChI=1S/C19H25N3O3S/c1-24-16-4-2-15(3-5-16)17-14-26-19(21-17)7-6-18(23)20-8-9-22-10-12-25-13-11-22/h2-5,14H,6-13H2,1H3,(H,20,23). The summed E-state index contributed by atoms with van der Waals surface area (Å²) in [7, 11) is 1.65. The Labute approximate surface area is 158 Å². The number of hydrogen-bond acceptors (Lipinski definition) is 6. The van der Waals surface area contributed by atoms with Gasteiger partial charge in [0.05, 0.1) is 31.0 Å². The molecular formula is C19H25N3O3S. The molecule has 26 heavy (non-hydrogen) atoms. The Balaban J connectivity index is 1.40.